The number of fused-ring (bicyclic) bond motifs is 3. The zero-order valence-electron chi connectivity index (χ0n) is 11.3. The van der Waals surface area contributed by atoms with Crippen LogP contribution in [-0.2, 0) is 17.8 Å². The molecule has 2 aromatic rings. The van der Waals surface area contributed by atoms with E-state index in [1.54, 1.807) is 7.11 Å². The van der Waals surface area contributed by atoms with Crippen molar-refractivity contribution in [2.45, 2.75) is 13.1 Å². The van der Waals surface area contributed by atoms with Crippen LogP contribution in [0, 0.1) is 5.41 Å². The van der Waals surface area contributed by atoms with Crippen molar-refractivity contribution >= 4 is 18.4 Å². The van der Waals surface area contributed by atoms with Crippen molar-refractivity contribution in [2.24, 2.45) is 0 Å². The second-order valence-electron chi connectivity index (χ2n) is 4.68. The molecule has 2 aromatic carbocycles. The maximum Gasteiger partial charge on any atom is 0.284 e. The number of hydrogen-bond donors (Lipinski definition) is 1. The van der Waals surface area contributed by atoms with Crippen molar-refractivity contribution in [1.82, 2.24) is 4.90 Å². The largest absolute Gasteiger partial charge is 0.469 e. The molecule has 1 heterocycles. The predicted molar refractivity (Wildman–Crippen MR) is 83.1 cm³/mol. The predicted octanol–water partition coefficient (Wildman–Crippen LogP) is 3.67. The lowest BCUT2D eigenvalue weighted by molar-refractivity contribution is 0.269. The topological polar surface area (TPSA) is 36.3 Å². The Morgan fingerprint density at radius 3 is 1.85 bits per heavy atom. The number of rotatable bonds is 0. The molecule has 0 unspecified atom stereocenters. The molecule has 0 saturated carbocycles. The van der Waals surface area contributed by atoms with Crippen molar-refractivity contribution in [3.63, 3.8) is 0 Å². The minimum absolute atomic E-state index is 0. The summed E-state index contributed by atoms with van der Waals surface area (Å²) >= 11 is 0. The molecule has 0 amide bonds. The van der Waals surface area contributed by atoms with Gasteiger partial charge in [-0.3, -0.25) is 5.41 Å². The third-order valence-electron chi connectivity index (χ3n) is 3.53. The van der Waals surface area contributed by atoms with Crippen LogP contribution in [0.15, 0.2) is 48.5 Å². The van der Waals surface area contributed by atoms with Crippen LogP contribution in [0.2, 0.25) is 0 Å². The number of ether oxygens (including phenoxy) is 1. The Bertz CT molecular complexity index is 580. The summed E-state index contributed by atoms with van der Waals surface area (Å²) < 4.78 is 5.08. The van der Waals surface area contributed by atoms with Crippen LogP contribution in [0.3, 0.4) is 0 Å². The van der Waals surface area contributed by atoms with Gasteiger partial charge in [0.15, 0.2) is 0 Å². The maximum atomic E-state index is 7.92. The molecule has 0 radical (unpaired) electrons. The fourth-order valence-electron chi connectivity index (χ4n) is 2.58. The highest BCUT2D eigenvalue weighted by atomic mass is 35.5. The average Bonchev–Trinajstić information content (AvgIpc) is 2.63. The molecular formula is C16H17ClN2O. The lowest BCUT2D eigenvalue weighted by atomic mass is 9.97. The van der Waals surface area contributed by atoms with Gasteiger partial charge in [0, 0.05) is 13.1 Å². The Kier molecular flexibility index (Phi) is 4.30. The smallest absolute Gasteiger partial charge is 0.284 e. The zero-order chi connectivity index (χ0) is 13.2. The summed E-state index contributed by atoms with van der Waals surface area (Å²) in [6.07, 6.45) is 0. The van der Waals surface area contributed by atoms with Crippen LogP contribution in [0.25, 0.3) is 11.1 Å². The van der Waals surface area contributed by atoms with Gasteiger partial charge < -0.3 is 9.64 Å². The molecule has 0 atom stereocenters. The molecular weight excluding hydrogens is 272 g/mol. The van der Waals surface area contributed by atoms with E-state index in [0.717, 1.165) is 0 Å². The molecule has 3 rings (SSSR count). The molecule has 104 valence electrons. The Balaban J connectivity index is 0.00000147. The van der Waals surface area contributed by atoms with Crippen LogP contribution in [0.4, 0.5) is 0 Å². The van der Waals surface area contributed by atoms with Gasteiger partial charge in [-0.2, -0.15) is 0 Å². The van der Waals surface area contributed by atoms with Gasteiger partial charge in [-0.25, -0.2) is 0 Å². The van der Waals surface area contributed by atoms with E-state index in [-0.39, 0.29) is 18.4 Å². The molecule has 4 heteroatoms. The Morgan fingerprint density at radius 2 is 1.40 bits per heavy atom. The summed E-state index contributed by atoms with van der Waals surface area (Å²) in [5.41, 5.74) is 4.97. The first-order chi connectivity index (χ1) is 9.29. The SMILES string of the molecule is COC(=N)N1Cc2ccccc2-c2ccccc2C1.Cl. The van der Waals surface area contributed by atoms with Gasteiger partial charge in [0.1, 0.15) is 0 Å². The molecule has 0 saturated heterocycles. The second kappa shape index (κ2) is 5.97. The van der Waals surface area contributed by atoms with Gasteiger partial charge in [-0.15, -0.1) is 12.4 Å². The van der Waals surface area contributed by atoms with Crippen molar-refractivity contribution in [2.75, 3.05) is 7.11 Å². The van der Waals surface area contributed by atoms with Crippen LogP contribution in [0.5, 0.6) is 0 Å². The minimum atomic E-state index is 0. The quantitative estimate of drug-likeness (QED) is 0.593. The fourth-order valence-corrected chi connectivity index (χ4v) is 2.58. The Hall–Kier alpha value is -2.00. The molecule has 0 aliphatic carbocycles. The van der Waals surface area contributed by atoms with E-state index in [2.05, 4.69) is 36.4 Å². The number of hydrogen-bond acceptors (Lipinski definition) is 2. The highest BCUT2D eigenvalue weighted by Crippen LogP contribution is 2.32. The fraction of sp³-hybridized carbons (Fsp3) is 0.188. The molecule has 3 nitrogen and oxygen atoms in total. The molecule has 1 aliphatic heterocycles. The van der Waals surface area contributed by atoms with E-state index in [1.165, 1.54) is 22.3 Å². The van der Waals surface area contributed by atoms with E-state index < -0.39 is 0 Å². The summed E-state index contributed by atoms with van der Waals surface area (Å²) in [6.45, 7) is 1.41. The van der Waals surface area contributed by atoms with Crippen LogP contribution < -0.4 is 0 Å². The number of benzene rings is 2. The number of halogens is 1. The first-order valence-corrected chi connectivity index (χ1v) is 6.33. The summed E-state index contributed by atoms with van der Waals surface area (Å²) in [5, 5.41) is 7.92. The minimum Gasteiger partial charge on any atom is -0.469 e. The third-order valence-corrected chi connectivity index (χ3v) is 3.53. The highest BCUT2D eigenvalue weighted by molar-refractivity contribution is 5.85. The van der Waals surface area contributed by atoms with Gasteiger partial charge >= 0.3 is 0 Å². The number of nitrogens with one attached hydrogen (secondary N) is 1. The summed E-state index contributed by atoms with van der Waals surface area (Å²) in [7, 11) is 1.55. The van der Waals surface area contributed by atoms with Crippen LogP contribution in [-0.4, -0.2) is 18.0 Å². The Morgan fingerprint density at radius 1 is 0.950 bits per heavy atom. The molecule has 0 aromatic heterocycles. The molecule has 1 aliphatic rings. The van der Waals surface area contributed by atoms with E-state index in [9.17, 15) is 0 Å². The van der Waals surface area contributed by atoms with Crippen molar-refractivity contribution in [1.29, 1.82) is 5.41 Å². The molecule has 1 N–H and O–H groups in total. The van der Waals surface area contributed by atoms with Crippen LogP contribution >= 0.6 is 12.4 Å². The monoisotopic (exact) mass is 288 g/mol. The number of nitrogens with zero attached hydrogens (tertiary/aromatic N) is 1. The summed E-state index contributed by atoms with van der Waals surface area (Å²) in [6, 6.07) is 17.0. The van der Waals surface area contributed by atoms with Crippen molar-refractivity contribution in [3.8, 4) is 11.1 Å². The van der Waals surface area contributed by atoms with E-state index in [0.29, 0.717) is 13.1 Å². The summed E-state index contributed by atoms with van der Waals surface area (Å²) in [4.78, 5) is 1.95. The van der Waals surface area contributed by atoms with Gasteiger partial charge in [-0.1, -0.05) is 48.5 Å². The third kappa shape index (κ3) is 2.49. The summed E-state index contributed by atoms with van der Waals surface area (Å²) in [5.74, 6) is 0. The molecule has 0 spiro atoms. The first kappa shape index (κ1) is 14.4. The second-order valence-corrected chi connectivity index (χ2v) is 4.68. The van der Waals surface area contributed by atoms with E-state index in [4.69, 9.17) is 10.1 Å². The Labute approximate surface area is 125 Å². The highest BCUT2D eigenvalue weighted by Gasteiger charge is 2.20. The first-order valence-electron chi connectivity index (χ1n) is 6.33. The van der Waals surface area contributed by atoms with Gasteiger partial charge in [0.25, 0.3) is 6.02 Å². The lowest BCUT2D eigenvalue weighted by Gasteiger charge is -2.22. The van der Waals surface area contributed by atoms with Gasteiger partial charge in [0.2, 0.25) is 0 Å². The zero-order valence-corrected chi connectivity index (χ0v) is 12.1. The van der Waals surface area contributed by atoms with Crippen LogP contribution in [0.1, 0.15) is 11.1 Å². The van der Waals surface area contributed by atoms with Gasteiger partial charge in [0.05, 0.1) is 7.11 Å². The standard InChI is InChI=1S/C16H16N2O.ClH/c1-19-16(17)18-10-12-6-2-4-8-14(12)15-9-5-3-7-13(15)11-18;/h2-9,17H,10-11H2,1H3;1H. The lowest BCUT2D eigenvalue weighted by Crippen LogP contribution is -2.29. The van der Waals surface area contributed by atoms with Gasteiger partial charge in [-0.05, 0) is 22.3 Å². The molecule has 0 bridgehead atoms. The van der Waals surface area contributed by atoms with E-state index >= 15 is 0 Å². The van der Waals surface area contributed by atoms with E-state index in [1.807, 2.05) is 17.0 Å². The molecule has 20 heavy (non-hydrogen) atoms. The normalized spacial score (nSPS) is 12.6. The number of amidine groups is 1. The average molecular weight is 289 g/mol. The maximum absolute atomic E-state index is 7.92. The number of methoxy groups -OCH3 is 1. The molecule has 0 fully saturated rings. The van der Waals surface area contributed by atoms with Crippen molar-refractivity contribution in [3.05, 3.63) is 59.7 Å². The van der Waals surface area contributed by atoms with Crippen molar-refractivity contribution < 1.29 is 4.74 Å².